The van der Waals surface area contributed by atoms with Gasteiger partial charge in [-0.3, -0.25) is 9.69 Å². The fourth-order valence-corrected chi connectivity index (χ4v) is 5.12. The van der Waals surface area contributed by atoms with E-state index in [0.29, 0.717) is 35.9 Å². The molecule has 0 spiro atoms. The molecule has 0 radical (unpaired) electrons. The molecule has 1 aliphatic rings. The molecule has 0 saturated carbocycles. The zero-order valence-electron chi connectivity index (χ0n) is 16.2. The first kappa shape index (κ1) is 20.6. The molecule has 30 heavy (non-hydrogen) atoms. The molecule has 7 nitrogen and oxygen atoms in total. The maximum atomic E-state index is 14.0. The molecule has 0 amide bonds. The van der Waals surface area contributed by atoms with Crippen LogP contribution in [-0.4, -0.2) is 53.8 Å². The zero-order valence-corrected chi connectivity index (χ0v) is 17.0. The van der Waals surface area contributed by atoms with Gasteiger partial charge >= 0.3 is 0 Å². The van der Waals surface area contributed by atoms with Gasteiger partial charge in [-0.15, -0.1) is 0 Å². The number of para-hydroxylation sites is 1. The Hall–Kier alpha value is -2.69. The van der Waals surface area contributed by atoms with Gasteiger partial charge in [-0.25, -0.2) is 22.2 Å². The monoisotopic (exact) mass is 434 g/mol. The van der Waals surface area contributed by atoms with Gasteiger partial charge in [-0.2, -0.15) is 4.31 Å². The third-order valence-electron chi connectivity index (χ3n) is 5.36. The molecule has 1 aromatic heterocycles. The van der Waals surface area contributed by atoms with E-state index in [-0.39, 0.29) is 24.7 Å². The van der Waals surface area contributed by atoms with E-state index in [1.54, 1.807) is 24.3 Å². The summed E-state index contributed by atoms with van der Waals surface area (Å²) in [5, 5.41) is 0.501. The van der Waals surface area contributed by atoms with Crippen molar-refractivity contribution in [3.05, 3.63) is 70.3 Å². The standard InChI is InChI=1S/C20H20F2N4O3S/c1-13(19-23-17-5-3-2-4-15(17)20(27)24-19)25-8-10-26(11-9-25)30(28,29)18-12-14(21)6-7-16(18)22/h2-7,12-13H,8-11H2,1H3,(H,23,24,27). The highest BCUT2D eigenvalue weighted by molar-refractivity contribution is 7.89. The molecule has 0 aliphatic carbocycles. The Kier molecular flexibility index (Phi) is 5.39. The van der Waals surface area contributed by atoms with Crippen LogP contribution in [0.25, 0.3) is 10.9 Å². The molecule has 1 atom stereocenters. The van der Waals surface area contributed by atoms with Gasteiger partial charge in [0.25, 0.3) is 5.56 Å². The summed E-state index contributed by atoms with van der Waals surface area (Å²) in [6.45, 7) is 2.81. The molecule has 0 bridgehead atoms. The van der Waals surface area contributed by atoms with Crippen LogP contribution in [-0.2, 0) is 10.0 Å². The van der Waals surface area contributed by atoms with Gasteiger partial charge in [0.1, 0.15) is 22.4 Å². The number of nitrogens with zero attached hydrogens (tertiary/aromatic N) is 3. The summed E-state index contributed by atoms with van der Waals surface area (Å²) in [5.41, 5.74) is 0.358. The van der Waals surface area contributed by atoms with Crippen molar-refractivity contribution in [1.29, 1.82) is 0 Å². The zero-order chi connectivity index (χ0) is 21.5. The molecule has 4 rings (SSSR count). The van der Waals surface area contributed by atoms with Crippen molar-refractivity contribution in [3.8, 4) is 0 Å². The van der Waals surface area contributed by atoms with Crippen LogP contribution >= 0.6 is 0 Å². The number of sulfonamides is 1. The normalized spacial score (nSPS) is 17.3. The number of piperazine rings is 1. The summed E-state index contributed by atoms with van der Waals surface area (Å²) < 4.78 is 54.1. The largest absolute Gasteiger partial charge is 0.309 e. The maximum Gasteiger partial charge on any atom is 0.258 e. The van der Waals surface area contributed by atoms with Crippen LogP contribution in [0, 0.1) is 11.6 Å². The highest BCUT2D eigenvalue weighted by atomic mass is 32.2. The van der Waals surface area contributed by atoms with E-state index in [1.807, 2.05) is 11.8 Å². The summed E-state index contributed by atoms with van der Waals surface area (Å²) in [5.74, 6) is -1.30. The minimum Gasteiger partial charge on any atom is -0.309 e. The summed E-state index contributed by atoms with van der Waals surface area (Å²) in [6, 6.07) is 9.17. The predicted molar refractivity (Wildman–Crippen MR) is 107 cm³/mol. The van der Waals surface area contributed by atoms with E-state index in [2.05, 4.69) is 9.97 Å². The van der Waals surface area contributed by atoms with Crippen LogP contribution in [0.15, 0.2) is 52.2 Å². The van der Waals surface area contributed by atoms with Crippen molar-refractivity contribution in [2.24, 2.45) is 0 Å². The van der Waals surface area contributed by atoms with E-state index in [0.717, 1.165) is 16.4 Å². The minimum atomic E-state index is -4.15. The number of fused-ring (bicyclic) bond motifs is 1. The molecule has 1 saturated heterocycles. The molecule has 3 aromatic rings. The fourth-order valence-electron chi connectivity index (χ4n) is 3.62. The van der Waals surface area contributed by atoms with Gasteiger partial charge in [-0.05, 0) is 37.3 Å². The van der Waals surface area contributed by atoms with E-state index in [9.17, 15) is 22.0 Å². The quantitative estimate of drug-likeness (QED) is 0.681. The van der Waals surface area contributed by atoms with Crippen LogP contribution in [0.2, 0.25) is 0 Å². The molecule has 1 unspecified atom stereocenters. The Labute approximate surface area is 172 Å². The second-order valence-electron chi connectivity index (χ2n) is 7.16. The number of aromatic nitrogens is 2. The van der Waals surface area contributed by atoms with E-state index in [1.165, 1.54) is 0 Å². The number of hydrogen-bond donors (Lipinski definition) is 1. The lowest BCUT2D eigenvalue weighted by Crippen LogP contribution is -2.49. The molecule has 10 heteroatoms. The van der Waals surface area contributed by atoms with Crippen LogP contribution < -0.4 is 5.56 Å². The fraction of sp³-hybridized carbons (Fsp3) is 0.300. The molecule has 2 aromatic carbocycles. The molecule has 1 fully saturated rings. The predicted octanol–water partition coefficient (Wildman–Crippen LogP) is 2.27. The van der Waals surface area contributed by atoms with Gasteiger partial charge in [0, 0.05) is 26.2 Å². The van der Waals surface area contributed by atoms with E-state index in [4.69, 9.17) is 0 Å². The topological polar surface area (TPSA) is 86.4 Å². The Balaban J connectivity index is 1.52. The van der Waals surface area contributed by atoms with Gasteiger partial charge in [0.2, 0.25) is 10.0 Å². The molecular formula is C20H20F2N4O3S. The van der Waals surface area contributed by atoms with Gasteiger partial charge in [-0.1, -0.05) is 12.1 Å². The van der Waals surface area contributed by atoms with Crippen LogP contribution in [0.3, 0.4) is 0 Å². The van der Waals surface area contributed by atoms with Crippen molar-refractivity contribution in [3.63, 3.8) is 0 Å². The number of nitrogens with one attached hydrogen (secondary N) is 1. The van der Waals surface area contributed by atoms with Crippen LogP contribution in [0.5, 0.6) is 0 Å². The van der Waals surface area contributed by atoms with E-state index >= 15 is 0 Å². The number of benzene rings is 2. The number of hydrogen-bond acceptors (Lipinski definition) is 5. The van der Waals surface area contributed by atoms with Crippen molar-refractivity contribution in [2.75, 3.05) is 26.2 Å². The second kappa shape index (κ2) is 7.86. The van der Waals surface area contributed by atoms with Crippen molar-refractivity contribution < 1.29 is 17.2 Å². The molecule has 2 heterocycles. The highest BCUT2D eigenvalue weighted by Crippen LogP contribution is 2.24. The number of halogens is 2. The Morgan fingerprint density at radius 2 is 1.77 bits per heavy atom. The summed E-state index contributed by atoms with van der Waals surface area (Å²) in [6.07, 6.45) is 0. The summed E-state index contributed by atoms with van der Waals surface area (Å²) in [4.78, 5) is 21.0. The first-order valence-electron chi connectivity index (χ1n) is 9.45. The number of rotatable bonds is 4. The summed E-state index contributed by atoms with van der Waals surface area (Å²) in [7, 11) is -4.15. The number of H-pyrrole nitrogens is 1. The van der Waals surface area contributed by atoms with Crippen LogP contribution in [0.1, 0.15) is 18.8 Å². The number of aromatic amines is 1. The third kappa shape index (κ3) is 3.73. The van der Waals surface area contributed by atoms with Gasteiger partial charge in [0.15, 0.2) is 0 Å². The SMILES string of the molecule is CC(c1nc2ccccc2c(=O)[nH]1)N1CCN(S(=O)(=O)c2cc(F)ccc2F)CC1. The summed E-state index contributed by atoms with van der Waals surface area (Å²) >= 11 is 0. The minimum absolute atomic E-state index is 0.112. The lowest BCUT2D eigenvalue weighted by Gasteiger charge is -2.37. The van der Waals surface area contributed by atoms with Crippen molar-refractivity contribution >= 4 is 20.9 Å². The lowest BCUT2D eigenvalue weighted by molar-refractivity contribution is 0.141. The Morgan fingerprint density at radius 3 is 2.50 bits per heavy atom. The smallest absolute Gasteiger partial charge is 0.258 e. The van der Waals surface area contributed by atoms with Gasteiger partial charge < -0.3 is 4.98 Å². The Bertz CT molecular complexity index is 1250. The first-order chi connectivity index (χ1) is 14.3. The maximum absolute atomic E-state index is 14.0. The molecular weight excluding hydrogens is 414 g/mol. The van der Waals surface area contributed by atoms with E-state index < -0.39 is 26.6 Å². The van der Waals surface area contributed by atoms with Gasteiger partial charge in [0.05, 0.1) is 16.9 Å². The lowest BCUT2D eigenvalue weighted by atomic mass is 10.2. The highest BCUT2D eigenvalue weighted by Gasteiger charge is 2.32. The second-order valence-corrected chi connectivity index (χ2v) is 9.07. The molecule has 1 aliphatic heterocycles. The van der Waals surface area contributed by atoms with Crippen molar-refractivity contribution in [2.45, 2.75) is 17.9 Å². The average molecular weight is 434 g/mol. The first-order valence-corrected chi connectivity index (χ1v) is 10.9. The van der Waals surface area contributed by atoms with Crippen molar-refractivity contribution in [1.82, 2.24) is 19.2 Å². The third-order valence-corrected chi connectivity index (χ3v) is 7.27. The average Bonchev–Trinajstić information content (AvgIpc) is 2.75. The Morgan fingerprint density at radius 1 is 1.07 bits per heavy atom. The van der Waals surface area contributed by atoms with Crippen LogP contribution in [0.4, 0.5) is 8.78 Å². The molecule has 1 N–H and O–H groups in total. The molecule has 158 valence electrons.